The van der Waals surface area contributed by atoms with Crippen molar-refractivity contribution >= 4 is 11.8 Å². The van der Waals surface area contributed by atoms with E-state index in [0.717, 1.165) is 22.1 Å². The van der Waals surface area contributed by atoms with Crippen LogP contribution in [0.15, 0.2) is 30.5 Å². The van der Waals surface area contributed by atoms with E-state index in [1.807, 2.05) is 24.3 Å². The van der Waals surface area contributed by atoms with Crippen molar-refractivity contribution in [3.63, 3.8) is 0 Å². The normalized spacial score (nSPS) is 19.4. The highest BCUT2D eigenvalue weighted by Gasteiger charge is 2.39. The molecule has 9 heteroatoms. The van der Waals surface area contributed by atoms with Gasteiger partial charge in [-0.25, -0.2) is 9.75 Å². The largest absolute Gasteiger partial charge is 0.497 e. The number of amides is 2. The number of nitrogens with zero attached hydrogens (tertiary/aromatic N) is 4. The molecular formula is C17H21N5O4. The Balaban J connectivity index is 1.69. The maximum Gasteiger partial charge on any atom is 0.245 e. The van der Waals surface area contributed by atoms with Crippen LogP contribution in [0.3, 0.4) is 0 Å². The number of methoxy groups -OCH3 is 1. The smallest absolute Gasteiger partial charge is 0.245 e. The highest BCUT2D eigenvalue weighted by atomic mass is 16.7. The minimum Gasteiger partial charge on any atom is -0.497 e. The van der Waals surface area contributed by atoms with Gasteiger partial charge in [0.2, 0.25) is 11.8 Å². The molecule has 1 saturated heterocycles. The zero-order valence-corrected chi connectivity index (χ0v) is 14.9. The van der Waals surface area contributed by atoms with Gasteiger partial charge in [-0.1, -0.05) is 5.21 Å². The van der Waals surface area contributed by atoms with Gasteiger partial charge in [0, 0.05) is 26.0 Å². The third kappa shape index (κ3) is 3.67. The zero-order valence-electron chi connectivity index (χ0n) is 14.9. The van der Waals surface area contributed by atoms with Gasteiger partial charge in [-0.05, 0) is 24.3 Å². The molecule has 2 aromatic rings. The summed E-state index contributed by atoms with van der Waals surface area (Å²) in [6, 6.07) is 6.88. The predicted octanol–water partition coefficient (Wildman–Crippen LogP) is 0.621. The molecule has 0 unspecified atom stereocenters. The van der Waals surface area contributed by atoms with Gasteiger partial charge in [0.25, 0.3) is 0 Å². The number of hydroxylamine groups is 2. The molecule has 0 aliphatic carbocycles. The maximum absolute atomic E-state index is 11.9. The number of nitrogens with one attached hydrogen (secondary N) is 1. The first-order valence-corrected chi connectivity index (χ1v) is 8.24. The van der Waals surface area contributed by atoms with Crippen molar-refractivity contribution in [1.82, 2.24) is 25.4 Å². The summed E-state index contributed by atoms with van der Waals surface area (Å²) in [5.74, 6) is 0.212. The SMILES string of the molecule is CNC(=O)[C@@H]1C[C@@H](Cn2cc(-c3ccc(OC)cc3)nn2)ON1C(C)=O. The molecule has 1 N–H and O–H groups in total. The summed E-state index contributed by atoms with van der Waals surface area (Å²) in [5.41, 5.74) is 1.63. The molecule has 0 radical (unpaired) electrons. The van der Waals surface area contributed by atoms with Crippen LogP contribution in [0.25, 0.3) is 11.3 Å². The Morgan fingerprint density at radius 3 is 2.69 bits per heavy atom. The molecule has 138 valence electrons. The maximum atomic E-state index is 11.9. The van der Waals surface area contributed by atoms with E-state index >= 15 is 0 Å². The minimum atomic E-state index is -0.632. The lowest BCUT2D eigenvalue weighted by molar-refractivity contribution is -0.188. The number of benzene rings is 1. The van der Waals surface area contributed by atoms with Crippen LogP contribution >= 0.6 is 0 Å². The average molecular weight is 359 g/mol. The van der Waals surface area contributed by atoms with Gasteiger partial charge in [-0.2, -0.15) is 0 Å². The molecule has 2 heterocycles. The van der Waals surface area contributed by atoms with Crippen LogP contribution in [-0.4, -0.2) is 58.2 Å². The lowest BCUT2D eigenvalue weighted by Gasteiger charge is -2.19. The van der Waals surface area contributed by atoms with Crippen molar-refractivity contribution in [2.75, 3.05) is 14.2 Å². The van der Waals surface area contributed by atoms with Crippen molar-refractivity contribution < 1.29 is 19.2 Å². The van der Waals surface area contributed by atoms with E-state index in [0.29, 0.717) is 13.0 Å². The minimum absolute atomic E-state index is 0.250. The first-order chi connectivity index (χ1) is 12.5. The van der Waals surface area contributed by atoms with Crippen LogP contribution < -0.4 is 10.1 Å². The van der Waals surface area contributed by atoms with Crippen LogP contribution in [0.5, 0.6) is 5.75 Å². The first-order valence-electron chi connectivity index (χ1n) is 8.24. The molecule has 1 aliphatic rings. The highest BCUT2D eigenvalue weighted by molar-refractivity contribution is 5.86. The molecule has 1 fully saturated rings. The molecule has 3 rings (SSSR count). The van der Waals surface area contributed by atoms with Gasteiger partial charge in [-0.3, -0.25) is 14.4 Å². The number of ether oxygens (including phenoxy) is 1. The fourth-order valence-electron chi connectivity index (χ4n) is 2.89. The second kappa shape index (κ2) is 7.52. The van der Waals surface area contributed by atoms with Gasteiger partial charge >= 0.3 is 0 Å². The number of aromatic nitrogens is 3. The molecule has 0 spiro atoms. The number of carbonyl (C=O) groups is 2. The Morgan fingerprint density at radius 2 is 2.08 bits per heavy atom. The molecular weight excluding hydrogens is 338 g/mol. The summed E-state index contributed by atoms with van der Waals surface area (Å²) in [6.07, 6.45) is 1.86. The van der Waals surface area contributed by atoms with Crippen LogP contribution in [-0.2, 0) is 21.0 Å². The molecule has 2 atom stereocenters. The second-order valence-corrected chi connectivity index (χ2v) is 5.99. The molecule has 1 aliphatic heterocycles. The van der Waals surface area contributed by atoms with Crippen molar-refractivity contribution in [3.05, 3.63) is 30.5 Å². The van der Waals surface area contributed by atoms with E-state index in [1.165, 1.54) is 14.0 Å². The quantitative estimate of drug-likeness (QED) is 0.840. The molecule has 0 saturated carbocycles. The topological polar surface area (TPSA) is 98.6 Å². The lowest BCUT2D eigenvalue weighted by atomic mass is 10.1. The fourth-order valence-corrected chi connectivity index (χ4v) is 2.89. The number of carbonyl (C=O) groups excluding carboxylic acids is 2. The van der Waals surface area contributed by atoms with Gasteiger partial charge < -0.3 is 10.1 Å². The Hall–Kier alpha value is -2.94. The number of likely N-dealkylation sites (N-methyl/N-ethyl adjacent to an activating group) is 1. The summed E-state index contributed by atoms with van der Waals surface area (Å²) >= 11 is 0. The van der Waals surface area contributed by atoms with Gasteiger partial charge in [0.05, 0.1) is 19.9 Å². The van der Waals surface area contributed by atoms with E-state index < -0.39 is 6.04 Å². The van der Waals surface area contributed by atoms with E-state index in [4.69, 9.17) is 9.57 Å². The summed E-state index contributed by atoms with van der Waals surface area (Å²) < 4.78 is 6.79. The summed E-state index contributed by atoms with van der Waals surface area (Å²) in [5, 5.41) is 12.0. The highest BCUT2D eigenvalue weighted by Crippen LogP contribution is 2.24. The number of hydrogen-bond acceptors (Lipinski definition) is 6. The van der Waals surface area contributed by atoms with E-state index in [2.05, 4.69) is 15.6 Å². The fraction of sp³-hybridized carbons (Fsp3) is 0.412. The average Bonchev–Trinajstić information content (AvgIpc) is 3.29. The van der Waals surface area contributed by atoms with Gasteiger partial charge in [0.1, 0.15) is 23.6 Å². The summed E-state index contributed by atoms with van der Waals surface area (Å²) in [4.78, 5) is 29.3. The third-order valence-electron chi connectivity index (χ3n) is 4.21. The van der Waals surface area contributed by atoms with Gasteiger partial charge in [0.15, 0.2) is 0 Å². The first kappa shape index (κ1) is 17.9. The lowest BCUT2D eigenvalue weighted by Crippen LogP contribution is -2.43. The molecule has 1 aromatic heterocycles. The Morgan fingerprint density at radius 1 is 1.35 bits per heavy atom. The molecule has 26 heavy (non-hydrogen) atoms. The predicted molar refractivity (Wildman–Crippen MR) is 91.9 cm³/mol. The van der Waals surface area contributed by atoms with Gasteiger partial charge in [-0.15, -0.1) is 5.10 Å². The number of hydrogen-bond donors (Lipinski definition) is 1. The van der Waals surface area contributed by atoms with Crippen molar-refractivity contribution in [2.45, 2.75) is 32.0 Å². The van der Waals surface area contributed by atoms with Crippen LogP contribution in [0.2, 0.25) is 0 Å². The molecule has 0 bridgehead atoms. The number of rotatable bonds is 5. The summed E-state index contributed by atoms with van der Waals surface area (Å²) in [7, 11) is 3.15. The van der Waals surface area contributed by atoms with E-state index in [9.17, 15) is 9.59 Å². The van der Waals surface area contributed by atoms with Crippen LogP contribution in [0, 0.1) is 0 Å². The standard InChI is InChI=1S/C17H21N5O4/c1-11(23)22-16(17(24)18-2)8-14(26-22)9-21-10-15(19-20-21)12-4-6-13(25-3)7-5-12/h4-7,10,14,16H,8-9H2,1-3H3,(H,18,24)/t14-,16-/m0/s1. The monoisotopic (exact) mass is 359 g/mol. The summed E-state index contributed by atoms with van der Waals surface area (Å²) in [6.45, 7) is 1.76. The second-order valence-electron chi connectivity index (χ2n) is 5.99. The molecule has 2 amide bonds. The van der Waals surface area contributed by atoms with Crippen molar-refractivity contribution in [2.24, 2.45) is 0 Å². The van der Waals surface area contributed by atoms with Crippen LogP contribution in [0.4, 0.5) is 0 Å². The molecule has 9 nitrogen and oxygen atoms in total. The Bertz CT molecular complexity index is 789. The third-order valence-corrected chi connectivity index (χ3v) is 4.21. The van der Waals surface area contributed by atoms with Crippen molar-refractivity contribution in [3.8, 4) is 17.0 Å². The van der Waals surface area contributed by atoms with E-state index in [1.54, 1.807) is 18.0 Å². The van der Waals surface area contributed by atoms with Crippen molar-refractivity contribution in [1.29, 1.82) is 0 Å². The van der Waals surface area contributed by atoms with Crippen LogP contribution in [0.1, 0.15) is 13.3 Å². The zero-order chi connectivity index (χ0) is 18.7. The molecule has 1 aromatic carbocycles. The van der Waals surface area contributed by atoms with E-state index in [-0.39, 0.29) is 17.9 Å². The Labute approximate surface area is 150 Å². The Kier molecular flexibility index (Phi) is 5.17.